The normalized spacial score (nSPS) is 43.7. The molecule has 102 valence electrons. The van der Waals surface area contributed by atoms with Gasteiger partial charge in [-0.3, -0.25) is 0 Å². The van der Waals surface area contributed by atoms with E-state index in [1.165, 1.54) is 12.5 Å². The Hall–Kier alpha value is -1.00. The largest absolute Gasteiger partial charge is 0.493 e. The molecule has 18 heavy (non-hydrogen) atoms. The smallest absolute Gasteiger partial charge is 0.131 e. The third-order valence-corrected chi connectivity index (χ3v) is 3.62. The van der Waals surface area contributed by atoms with E-state index < -0.39 is 0 Å². The highest BCUT2D eigenvalue weighted by atomic mass is 16.6. The van der Waals surface area contributed by atoms with Gasteiger partial charge in [-0.15, -0.1) is 0 Å². The van der Waals surface area contributed by atoms with E-state index in [-0.39, 0.29) is 23.4 Å². The van der Waals surface area contributed by atoms with Crippen molar-refractivity contribution >= 4 is 0 Å². The van der Waals surface area contributed by atoms with Crippen LogP contribution in [0, 0.1) is 0 Å². The van der Waals surface area contributed by atoms with Crippen LogP contribution in [-0.2, 0) is 18.9 Å². The summed E-state index contributed by atoms with van der Waals surface area (Å²) in [6, 6.07) is 0. The summed E-state index contributed by atoms with van der Waals surface area (Å²) in [5, 5.41) is 0. The van der Waals surface area contributed by atoms with Gasteiger partial charge in [-0.25, -0.2) is 0 Å². The summed E-state index contributed by atoms with van der Waals surface area (Å²) in [4.78, 5) is 0. The predicted molar refractivity (Wildman–Crippen MR) is 68.1 cm³/mol. The van der Waals surface area contributed by atoms with Crippen LogP contribution in [0.3, 0.4) is 0 Å². The van der Waals surface area contributed by atoms with Gasteiger partial charge in [0, 0.05) is 12.8 Å². The third-order valence-electron chi connectivity index (χ3n) is 3.62. The van der Waals surface area contributed by atoms with Gasteiger partial charge in [0.05, 0.1) is 37.9 Å². The van der Waals surface area contributed by atoms with Gasteiger partial charge in [0.15, 0.2) is 0 Å². The van der Waals surface area contributed by atoms with Crippen molar-refractivity contribution in [2.24, 2.45) is 0 Å². The van der Waals surface area contributed by atoms with Gasteiger partial charge in [-0.05, 0) is 13.8 Å². The van der Waals surface area contributed by atoms with Crippen molar-refractivity contribution in [2.45, 2.75) is 50.1 Å². The first-order chi connectivity index (χ1) is 8.50. The molecule has 0 aromatic rings. The van der Waals surface area contributed by atoms with Gasteiger partial charge in [0.25, 0.3) is 0 Å². The monoisotopic (exact) mass is 254 g/mol. The lowest BCUT2D eigenvalue weighted by Crippen LogP contribution is -2.57. The van der Waals surface area contributed by atoms with Crippen molar-refractivity contribution in [3.05, 3.63) is 25.7 Å². The molecule has 2 heterocycles. The van der Waals surface area contributed by atoms with Crippen molar-refractivity contribution in [3.63, 3.8) is 0 Å². The van der Waals surface area contributed by atoms with E-state index in [4.69, 9.17) is 18.9 Å². The summed E-state index contributed by atoms with van der Waals surface area (Å²) in [6.45, 7) is 12.3. The molecule has 0 saturated carbocycles. The van der Waals surface area contributed by atoms with Gasteiger partial charge in [-0.1, -0.05) is 13.2 Å². The summed E-state index contributed by atoms with van der Waals surface area (Å²) >= 11 is 0. The van der Waals surface area contributed by atoms with Crippen LogP contribution in [-0.4, -0.2) is 36.6 Å². The van der Waals surface area contributed by atoms with Crippen LogP contribution >= 0.6 is 0 Å². The minimum Gasteiger partial charge on any atom is -0.493 e. The highest BCUT2D eigenvalue weighted by molar-refractivity contribution is 4.97. The van der Waals surface area contributed by atoms with Gasteiger partial charge in [0.1, 0.15) is 11.2 Å². The lowest BCUT2D eigenvalue weighted by Gasteiger charge is -2.48. The first-order valence-electron chi connectivity index (χ1n) is 6.31. The van der Waals surface area contributed by atoms with Crippen molar-refractivity contribution in [2.75, 3.05) is 13.2 Å². The third kappa shape index (κ3) is 2.70. The van der Waals surface area contributed by atoms with Gasteiger partial charge in [0.2, 0.25) is 0 Å². The zero-order valence-corrected chi connectivity index (χ0v) is 11.2. The molecule has 2 rings (SSSR count). The van der Waals surface area contributed by atoms with Crippen LogP contribution in [0.4, 0.5) is 0 Å². The van der Waals surface area contributed by atoms with Crippen LogP contribution in [0.5, 0.6) is 0 Å². The van der Waals surface area contributed by atoms with Crippen LogP contribution in [0.15, 0.2) is 25.7 Å². The highest BCUT2D eigenvalue weighted by Crippen LogP contribution is 2.37. The summed E-state index contributed by atoms with van der Waals surface area (Å²) in [7, 11) is 0. The van der Waals surface area contributed by atoms with E-state index in [0.717, 1.165) is 12.8 Å². The van der Waals surface area contributed by atoms with Gasteiger partial charge >= 0.3 is 0 Å². The molecule has 0 aliphatic carbocycles. The fraction of sp³-hybridized carbons (Fsp3) is 0.714. The Morgan fingerprint density at radius 3 is 1.67 bits per heavy atom. The van der Waals surface area contributed by atoms with Crippen LogP contribution < -0.4 is 0 Å². The molecule has 0 spiro atoms. The second kappa shape index (κ2) is 4.94. The highest BCUT2D eigenvalue weighted by Gasteiger charge is 2.47. The van der Waals surface area contributed by atoms with E-state index >= 15 is 0 Å². The molecule has 4 unspecified atom stereocenters. The maximum absolute atomic E-state index is 5.88. The Morgan fingerprint density at radius 1 is 0.944 bits per heavy atom. The van der Waals surface area contributed by atoms with Crippen LogP contribution in [0.1, 0.15) is 26.7 Å². The summed E-state index contributed by atoms with van der Waals surface area (Å²) in [6.07, 6.45) is 4.69. The second-order valence-corrected chi connectivity index (χ2v) is 5.58. The van der Waals surface area contributed by atoms with Gasteiger partial charge in [-0.2, -0.15) is 0 Å². The summed E-state index contributed by atoms with van der Waals surface area (Å²) in [5.41, 5.74) is -0.675. The number of ether oxygens (including phenoxy) is 4. The standard InChI is InChI=1S/C14H22O4/c1-5-17-13(3)7-11-12(15-9-13)8-14(4,10-16-11)18-6-2/h5-6,11-12H,1-2,7-10H2,3-4H3. The predicted octanol–water partition coefficient (Wildman–Crippen LogP) is 2.40. The average Bonchev–Trinajstić information content (AvgIpc) is 2.30. The molecule has 0 radical (unpaired) electrons. The van der Waals surface area contributed by atoms with E-state index in [9.17, 15) is 0 Å². The molecule has 4 atom stereocenters. The molecule has 4 heteroatoms. The fourth-order valence-electron chi connectivity index (χ4n) is 2.70. The molecule has 0 aromatic heterocycles. The molecule has 0 bridgehead atoms. The molecule has 2 saturated heterocycles. The number of hydrogen-bond donors (Lipinski definition) is 0. The minimum atomic E-state index is -0.337. The average molecular weight is 254 g/mol. The van der Waals surface area contributed by atoms with Crippen LogP contribution in [0.2, 0.25) is 0 Å². The zero-order valence-electron chi connectivity index (χ0n) is 11.2. The molecular formula is C14H22O4. The quantitative estimate of drug-likeness (QED) is 0.722. The molecule has 0 amide bonds. The molecule has 2 aliphatic rings. The lowest BCUT2D eigenvalue weighted by atomic mass is 9.85. The lowest BCUT2D eigenvalue weighted by molar-refractivity contribution is -0.236. The maximum Gasteiger partial charge on any atom is 0.131 e. The summed E-state index contributed by atoms with van der Waals surface area (Å²) in [5.74, 6) is 0. The number of rotatable bonds is 4. The molecule has 2 aliphatic heterocycles. The topological polar surface area (TPSA) is 36.9 Å². The Labute approximate surface area is 109 Å². The molecular weight excluding hydrogens is 232 g/mol. The SMILES string of the molecule is C=COC1(C)COC2CC(C)(OC=C)COC2C1. The van der Waals surface area contributed by atoms with Crippen LogP contribution in [0.25, 0.3) is 0 Å². The first-order valence-corrected chi connectivity index (χ1v) is 6.31. The summed E-state index contributed by atoms with van der Waals surface area (Å²) < 4.78 is 22.8. The van der Waals surface area contributed by atoms with Crippen molar-refractivity contribution < 1.29 is 18.9 Å². The van der Waals surface area contributed by atoms with E-state index in [2.05, 4.69) is 13.2 Å². The molecule has 2 fully saturated rings. The maximum atomic E-state index is 5.88. The number of fused-ring (bicyclic) bond motifs is 1. The van der Waals surface area contributed by atoms with E-state index in [0.29, 0.717) is 13.2 Å². The van der Waals surface area contributed by atoms with E-state index in [1.54, 1.807) is 0 Å². The molecule has 0 aromatic carbocycles. The Balaban J connectivity index is 1.99. The Morgan fingerprint density at radius 2 is 1.33 bits per heavy atom. The van der Waals surface area contributed by atoms with Crippen molar-refractivity contribution in [3.8, 4) is 0 Å². The Kier molecular flexibility index (Phi) is 3.69. The van der Waals surface area contributed by atoms with E-state index in [1.807, 2.05) is 13.8 Å². The Bertz CT molecular complexity index is 298. The minimum absolute atomic E-state index is 0.0604. The zero-order chi connectivity index (χ0) is 13.2. The molecule has 0 N–H and O–H groups in total. The fourth-order valence-corrected chi connectivity index (χ4v) is 2.70. The second-order valence-electron chi connectivity index (χ2n) is 5.58. The number of hydrogen-bond acceptors (Lipinski definition) is 4. The molecule has 4 nitrogen and oxygen atoms in total. The van der Waals surface area contributed by atoms with Crippen molar-refractivity contribution in [1.82, 2.24) is 0 Å². The van der Waals surface area contributed by atoms with Crippen molar-refractivity contribution in [1.29, 1.82) is 0 Å². The van der Waals surface area contributed by atoms with Gasteiger partial charge < -0.3 is 18.9 Å². The first kappa shape index (κ1) is 13.4.